The summed E-state index contributed by atoms with van der Waals surface area (Å²) in [6.07, 6.45) is 0. The van der Waals surface area contributed by atoms with Gasteiger partial charge >= 0.3 is 0 Å². The first kappa shape index (κ1) is 8.79. The number of hydrogen-bond donors (Lipinski definition) is 0. The van der Waals surface area contributed by atoms with Crippen molar-refractivity contribution in [3.05, 3.63) is 11.1 Å². The molecule has 1 saturated carbocycles. The maximum absolute atomic E-state index is 11.2. The Morgan fingerprint density at radius 1 is 1.45 bits per heavy atom. The molecule has 1 rings (SSSR count). The standard InChI is InChI=1S/C9H13ClO/c1-5(2)6-7(11)8(10)9(6,3)4/h8H,1-4H3/t8-/m0/s1. The number of alkyl halides is 1. The van der Waals surface area contributed by atoms with Crippen LogP contribution in [0.1, 0.15) is 27.7 Å². The van der Waals surface area contributed by atoms with Crippen molar-refractivity contribution in [1.29, 1.82) is 0 Å². The molecule has 0 radical (unpaired) electrons. The van der Waals surface area contributed by atoms with Gasteiger partial charge in [0, 0.05) is 11.0 Å². The molecule has 0 aromatic rings. The summed E-state index contributed by atoms with van der Waals surface area (Å²) in [5.74, 6) is 0.108. The molecule has 1 fully saturated rings. The molecule has 62 valence electrons. The molecular weight excluding hydrogens is 160 g/mol. The Labute approximate surface area is 72.4 Å². The molecule has 0 amide bonds. The van der Waals surface area contributed by atoms with Gasteiger partial charge in [-0.05, 0) is 13.8 Å². The number of allylic oxidation sites excluding steroid dienone is 2. The molecule has 0 aliphatic heterocycles. The molecule has 0 aromatic heterocycles. The van der Waals surface area contributed by atoms with Crippen molar-refractivity contribution in [1.82, 2.24) is 0 Å². The van der Waals surface area contributed by atoms with Gasteiger partial charge in [0.2, 0.25) is 0 Å². The Balaban J connectivity index is 3.05. The monoisotopic (exact) mass is 172 g/mol. The minimum atomic E-state index is -0.313. The molecule has 2 heteroatoms. The minimum absolute atomic E-state index is 0.108. The van der Waals surface area contributed by atoms with Gasteiger partial charge in [-0.25, -0.2) is 0 Å². The third-order valence-corrected chi connectivity index (χ3v) is 3.00. The van der Waals surface area contributed by atoms with E-state index in [0.29, 0.717) is 0 Å². The van der Waals surface area contributed by atoms with Crippen LogP contribution in [0.3, 0.4) is 0 Å². The molecule has 0 heterocycles. The van der Waals surface area contributed by atoms with Crippen LogP contribution < -0.4 is 0 Å². The van der Waals surface area contributed by atoms with Crippen LogP contribution >= 0.6 is 11.6 Å². The summed E-state index contributed by atoms with van der Waals surface area (Å²) >= 11 is 5.85. The van der Waals surface area contributed by atoms with E-state index in [1.165, 1.54) is 0 Å². The lowest BCUT2D eigenvalue weighted by atomic mass is 9.64. The van der Waals surface area contributed by atoms with Gasteiger partial charge in [-0.2, -0.15) is 0 Å². The molecule has 0 spiro atoms. The SMILES string of the molecule is CC(C)=C1C(=O)[C@H](Cl)C1(C)C. The normalized spacial score (nSPS) is 28.3. The zero-order valence-corrected chi connectivity index (χ0v) is 8.12. The van der Waals surface area contributed by atoms with Crippen LogP contribution in [-0.2, 0) is 4.79 Å². The second-order valence-corrected chi connectivity index (χ2v) is 4.26. The van der Waals surface area contributed by atoms with Crippen molar-refractivity contribution >= 4 is 17.4 Å². The number of carbonyl (C=O) groups is 1. The van der Waals surface area contributed by atoms with Gasteiger partial charge in [0.15, 0.2) is 5.78 Å². The van der Waals surface area contributed by atoms with Crippen LogP contribution in [0.15, 0.2) is 11.1 Å². The van der Waals surface area contributed by atoms with Gasteiger partial charge < -0.3 is 0 Å². The van der Waals surface area contributed by atoms with E-state index in [9.17, 15) is 4.79 Å². The largest absolute Gasteiger partial charge is 0.293 e. The smallest absolute Gasteiger partial charge is 0.178 e. The second kappa shape index (κ2) is 2.34. The van der Waals surface area contributed by atoms with E-state index >= 15 is 0 Å². The summed E-state index contributed by atoms with van der Waals surface area (Å²) in [7, 11) is 0. The van der Waals surface area contributed by atoms with Crippen LogP contribution in [0.2, 0.25) is 0 Å². The summed E-state index contributed by atoms with van der Waals surface area (Å²) in [6, 6.07) is 0. The summed E-state index contributed by atoms with van der Waals surface area (Å²) in [5.41, 5.74) is 1.90. The van der Waals surface area contributed by atoms with Crippen molar-refractivity contribution in [2.24, 2.45) is 5.41 Å². The molecule has 11 heavy (non-hydrogen) atoms. The van der Waals surface area contributed by atoms with Gasteiger partial charge in [-0.3, -0.25) is 4.79 Å². The topological polar surface area (TPSA) is 17.1 Å². The average Bonchev–Trinajstić information content (AvgIpc) is 1.85. The van der Waals surface area contributed by atoms with E-state index in [-0.39, 0.29) is 16.6 Å². The van der Waals surface area contributed by atoms with Gasteiger partial charge in [-0.15, -0.1) is 11.6 Å². The van der Waals surface area contributed by atoms with Crippen LogP contribution in [0.25, 0.3) is 0 Å². The van der Waals surface area contributed by atoms with Gasteiger partial charge in [0.25, 0.3) is 0 Å². The molecule has 0 bridgehead atoms. The van der Waals surface area contributed by atoms with E-state index in [1.54, 1.807) is 0 Å². The summed E-state index contributed by atoms with van der Waals surface area (Å²) in [4.78, 5) is 11.2. The predicted molar refractivity (Wildman–Crippen MR) is 46.8 cm³/mol. The molecular formula is C9H13ClO. The van der Waals surface area contributed by atoms with Crippen LogP contribution in [0.5, 0.6) is 0 Å². The first-order chi connectivity index (χ1) is 4.89. The number of ketones is 1. The van der Waals surface area contributed by atoms with E-state index < -0.39 is 0 Å². The van der Waals surface area contributed by atoms with Crippen molar-refractivity contribution in [2.45, 2.75) is 33.1 Å². The number of carbonyl (C=O) groups excluding carboxylic acids is 1. The van der Waals surface area contributed by atoms with E-state index in [0.717, 1.165) is 11.1 Å². The third-order valence-electron chi connectivity index (χ3n) is 2.25. The third kappa shape index (κ3) is 1.02. The lowest BCUT2D eigenvalue weighted by Gasteiger charge is -2.42. The maximum atomic E-state index is 11.2. The Hall–Kier alpha value is -0.300. The molecule has 1 nitrogen and oxygen atoms in total. The highest BCUT2D eigenvalue weighted by Gasteiger charge is 2.50. The van der Waals surface area contributed by atoms with Crippen LogP contribution in [-0.4, -0.2) is 11.2 Å². The number of Topliss-reactive ketones (excluding diaryl/α,β-unsaturated/α-hetero) is 1. The van der Waals surface area contributed by atoms with Crippen LogP contribution in [0, 0.1) is 5.41 Å². The second-order valence-electron chi connectivity index (χ2n) is 3.82. The Kier molecular flexibility index (Phi) is 1.87. The summed E-state index contributed by atoms with van der Waals surface area (Å²) in [6.45, 7) is 7.93. The highest BCUT2D eigenvalue weighted by atomic mass is 35.5. The van der Waals surface area contributed by atoms with E-state index in [1.807, 2.05) is 27.7 Å². The van der Waals surface area contributed by atoms with Crippen molar-refractivity contribution in [3.8, 4) is 0 Å². The zero-order valence-electron chi connectivity index (χ0n) is 7.36. The summed E-state index contributed by atoms with van der Waals surface area (Å²) in [5, 5.41) is -0.313. The quantitative estimate of drug-likeness (QED) is 0.406. The molecule has 0 saturated heterocycles. The molecule has 0 N–H and O–H groups in total. The first-order valence-corrected chi connectivity index (χ1v) is 4.19. The van der Waals surface area contributed by atoms with Crippen molar-refractivity contribution in [3.63, 3.8) is 0 Å². The van der Waals surface area contributed by atoms with Crippen molar-refractivity contribution < 1.29 is 4.79 Å². The van der Waals surface area contributed by atoms with E-state index in [2.05, 4.69) is 0 Å². The predicted octanol–water partition coefficient (Wildman–Crippen LogP) is 2.54. The Bertz CT molecular complexity index is 234. The molecule has 1 aliphatic carbocycles. The number of halogens is 1. The molecule has 1 aliphatic rings. The zero-order chi connectivity index (χ0) is 8.81. The Morgan fingerprint density at radius 3 is 2.09 bits per heavy atom. The highest BCUT2D eigenvalue weighted by molar-refractivity contribution is 6.39. The highest BCUT2D eigenvalue weighted by Crippen LogP contribution is 2.47. The fourth-order valence-corrected chi connectivity index (χ4v) is 1.93. The van der Waals surface area contributed by atoms with Gasteiger partial charge in [-0.1, -0.05) is 19.4 Å². The maximum Gasteiger partial charge on any atom is 0.178 e. The first-order valence-electron chi connectivity index (χ1n) is 3.75. The minimum Gasteiger partial charge on any atom is -0.293 e. The van der Waals surface area contributed by atoms with E-state index in [4.69, 9.17) is 11.6 Å². The fraction of sp³-hybridized carbons (Fsp3) is 0.667. The average molecular weight is 173 g/mol. The molecule has 1 atom stereocenters. The van der Waals surface area contributed by atoms with Crippen molar-refractivity contribution in [2.75, 3.05) is 0 Å². The van der Waals surface area contributed by atoms with Gasteiger partial charge in [0.1, 0.15) is 5.38 Å². The Morgan fingerprint density at radius 2 is 1.91 bits per heavy atom. The molecule has 0 unspecified atom stereocenters. The summed E-state index contributed by atoms with van der Waals surface area (Å²) < 4.78 is 0. The fourth-order valence-electron chi connectivity index (χ4n) is 1.71. The van der Waals surface area contributed by atoms with Crippen LogP contribution in [0.4, 0.5) is 0 Å². The van der Waals surface area contributed by atoms with Gasteiger partial charge in [0.05, 0.1) is 0 Å². The molecule has 0 aromatic carbocycles. The number of hydrogen-bond acceptors (Lipinski definition) is 1. The lowest BCUT2D eigenvalue weighted by molar-refractivity contribution is -0.122. The lowest BCUT2D eigenvalue weighted by Crippen LogP contribution is -2.49. The number of rotatable bonds is 0.